The van der Waals surface area contributed by atoms with E-state index < -0.39 is 9.84 Å². The Morgan fingerprint density at radius 1 is 1.14 bits per heavy atom. The molecule has 2 heterocycles. The topological polar surface area (TPSA) is 43.4 Å². The van der Waals surface area contributed by atoms with Crippen LogP contribution in [0, 0.1) is 0 Å². The Kier molecular flexibility index (Phi) is 4.45. The van der Waals surface area contributed by atoms with Crippen molar-refractivity contribution in [3.05, 3.63) is 47.5 Å². The predicted octanol–water partition coefficient (Wildman–Crippen LogP) is 3.26. The molecule has 3 rings (SSSR count). The van der Waals surface area contributed by atoms with E-state index in [4.69, 9.17) is 4.74 Å². The van der Waals surface area contributed by atoms with Gasteiger partial charge in [-0.05, 0) is 31.2 Å². The van der Waals surface area contributed by atoms with Gasteiger partial charge in [-0.15, -0.1) is 0 Å². The standard InChI is InChI=1S/C17H22O3S/c18-21(19)16-7-4-8-17(21)12-15(11-16)9-10-20-13-14-5-2-1-3-6-14/h1-3,5-6,11,16-17H,4,7-10,12-13H2. The molecule has 2 atom stereocenters. The van der Waals surface area contributed by atoms with Crippen LogP contribution in [0.5, 0.6) is 0 Å². The zero-order chi connectivity index (χ0) is 14.7. The van der Waals surface area contributed by atoms with Crippen molar-refractivity contribution in [3.63, 3.8) is 0 Å². The molecule has 0 aliphatic carbocycles. The molecular formula is C17H22O3S. The lowest BCUT2D eigenvalue weighted by Gasteiger charge is -2.33. The summed E-state index contributed by atoms with van der Waals surface area (Å²) in [6, 6.07) is 10.1. The molecule has 1 fully saturated rings. The van der Waals surface area contributed by atoms with Crippen LogP contribution in [0.3, 0.4) is 0 Å². The summed E-state index contributed by atoms with van der Waals surface area (Å²) in [5.74, 6) is 0. The van der Waals surface area contributed by atoms with Crippen molar-refractivity contribution < 1.29 is 13.2 Å². The van der Waals surface area contributed by atoms with Crippen molar-refractivity contribution in [2.24, 2.45) is 0 Å². The molecule has 21 heavy (non-hydrogen) atoms. The Hall–Kier alpha value is -1.13. The molecule has 2 aliphatic rings. The summed E-state index contributed by atoms with van der Waals surface area (Å²) in [6.45, 7) is 1.29. The molecule has 1 aromatic rings. The van der Waals surface area contributed by atoms with Gasteiger partial charge in [0.05, 0.1) is 23.7 Å². The molecule has 0 radical (unpaired) electrons. The van der Waals surface area contributed by atoms with E-state index in [1.54, 1.807) is 0 Å². The van der Waals surface area contributed by atoms with Gasteiger partial charge >= 0.3 is 0 Å². The van der Waals surface area contributed by atoms with Crippen LogP contribution in [0.1, 0.15) is 37.7 Å². The monoisotopic (exact) mass is 306 g/mol. The predicted molar refractivity (Wildman–Crippen MR) is 83.8 cm³/mol. The zero-order valence-corrected chi connectivity index (χ0v) is 13.0. The first-order valence-electron chi connectivity index (χ1n) is 7.70. The SMILES string of the molecule is O=S1(=O)C2C=C(CCOCc3ccccc3)CC1CCC2. The summed E-state index contributed by atoms with van der Waals surface area (Å²) in [4.78, 5) is 0. The van der Waals surface area contributed by atoms with Crippen LogP contribution in [0.4, 0.5) is 0 Å². The first-order chi connectivity index (χ1) is 10.2. The Bertz CT molecular complexity index is 604. The lowest BCUT2D eigenvalue weighted by Crippen LogP contribution is -2.39. The largest absolute Gasteiger partial charge is 0.376 e. The maximum atomic E-state index is 12.2. The summed E-state index contributed by atoms with van der Waals surface area (Å²) in [5, 5.41) is -0.362. The number of hydrogen-bond acceptors (Lipinski definition) is 3. The second-order valence-electron chi connectivity index (χ2n) is 6.00. The highest BCUT2D eigenvalue weighted by Gasteiger charge is 2.39. The van der Waals surface area contributed by atoms with Gasteiger partial charge < -0.3 is 4.74 Å². The number of hydrogen-bond donors (Lipinski definition) is 0. The maximum absolute atomic E-state index is 12.2. The summed E-state index contributed by atoms with van der Waals surface area (Å²) >= 11 is 0. The van der Waals surface area contributed by atoms with Gasteiger partial charge in [0, 0.05) is 0 Å². The van der Waals surface area contributed by atoms with Gasteiger partial charge in [-0.3, -0.25) is 0 Å². The summed E-state index contributed by atoms with van der Waals surface area (Å²) in [7, 11) is -2.89. The van der Waals surface area contributed by atoms with Crippen LogP contribution in [-0.4, -0.2) is 25.5 Å². The average molecular weight is 306 g/mol. The van der Waals surface area contributed by atoms with Crippen LogP contribution < -0.4 is 0 Å². The third-order valence-corrected chi connectivity index (χ3v) is 7.04. The third kappa shape index (κ3) is 3.38. The summed E-state index contributed by atoms with van der Waals surface area (Å²) < 4.78 is 30.1. The molecule has 0 amide bonds. The number of sulfone groups is 1. The van der Waals surface area contributed by atoms with Gasteiger partial charge in [-0.1, -0.05) is 48.4 Å². The highest BCUT2D eigenvalue weighted by molar-refractivity contribution is 7.92. The molecule has 2 bridgehead atoms. The highest BCUT2D eigenvalue weighted by atomic mass is 32.2. The second kappa shape index (κ2) is 6.32. The molecule has 2 unspecified atom stereocenters. The summed E-state index contributed by atoms with van der Waals surface area (Å²) in [5.41, 5.74) is 2.45. The Labute approximate surface area is 126 Å². The van der Waals surface area contributed by atoms with Crippen LogP contribution >= 0.6 is 0 Å². The van der Waals surface area contributed by atoms with E-state index in [9.17, 15) is 8.42 Å². The smallest absolute Gasteiger partial charge is 0.159 e. The summed E-state index contributed by atoms with van der Waals surface area (Å²) in [6.07, 6.45) is 6.25. The Balaban J connectivity index is 1.51. The number of rotatable bonds is 5. The average Bonchev–Trinajstić information content (AvgIpc) is 2.45. The van der Waals surface area contributed by atoms with Crippen molar-refractivity contribution >= 4 is 9.84 Å². The lowest BCUT2D eigenvalue weighted by molar-refractivity contribution is 0.123. The van der Waals surface area contributed by atoms with Crippen LogP contribution in [-0.2, 0) is 21.2 Å². The molecule has 2 aliphatic heterocycles. The molecule has 0 spiro atoms. The van der Waals surface area contributed by atoms with Crippen LogP contribution in [0.2, 0.25) is 0 Å². The van der Waals surface area contributed by atoms with E-state index in [0.717, 1.165) is 25.7 Å². The normalized spacial score (nSPS) is 27.1. The van der Waals surface area contributed by atoms with Crippen LogP contribution in [0.25, 0.3) is 0 Å². The van der Waals surface area contributed by atoms with E-state index in [1.165, 1.54) is 11.1 Å². The maximum Gasteiger partial charge on any atom is 0.159 e. The van der Waals surface area contributed by atoms with E-state index in [0.29, 0.717) is 19.6 Å². The molecule has 0 saturated carbocycles. The van der Waals surface area contributed by atoms with Gasteiger partial charge in [-0.2, -0.15) is 0 Å². The Morgan fingerprint density at radius 3 is 2.71 bits per heavy atom. The number of ether oxygens (including phenoxy) is 1. The fourth-order valence-electron chi connectivity index (χ4n) is 3.30. The van der Waals surface area contributed by atoms with Gasteiger partial charge in [0.1, 0.15) is 0 Å². The van der Waals surface area contributed by atoms with Crippen molar-refractivity contribution in [3.8, 4) is 0 Å². The van der Waals surface area contributed by atoms with E-state index in [2.05, 4.69) is 12.1 Å². The van der Waals surface area contributed by atoms with Gasteiger partial charge in [0.15, 0.2) is 9.84 Å². The molecular weight excluding hydrogens is 284 g/mol. The van der Waals surface area contributed by atoms with Gasteiger partial charge in [0.2, 0.25) is 0 Å². The van der Waals surface area contributed by atoms with E-state index >= 15 is 0 Å². The first-order valence-corrected chi connectivity index (χ1v) is 9.31. The number of benzene rings is 1. The van der Waals surface area contributed by atoms with Gasteiger partial charge in [-0.25, -0.2) is 8.42 Å². The van der Waals surface area contributed by atoms with Crippen molar-refractivity contribution in [1.82, 2.24) is 0 Å². The fourth-order valence-corrected chi connectivity index (χ4v) is 5.61. The first kappa shape index (κ1) is 14.8. The van der Waals surface area contributed by atoms with Gasteiger partial charge in [0.25, 0.3) is 0 Å². The quantitative estimate of drug-likeness (QED) is 0.619. The van der Waals surface area contributed by atoms with Crippen molar-refractivity contribution in [1.29, 1.82) is 0 Å². The second-order valence-corrected chi connectivity index (χ2v) is 8.45. The molecule has 0 N–H and O–H groups in total. The van der Waals surface area contributed by atoms with Crippen molar-refractivity contribution in [2.45, 2.75) is 49.2 Å². The minimum absolute atomic E-state index is 0.134. The Morgan fingerprint density at radius 2 is 1.95 bits per heavy atom. The molecule has 3 nitrogen and oxygen atoms in total. The molecule has 1 aromatic carbocycles. The molecule has 4 heteroatoms. The minimum Gasteiger partial charge on any atom is -0.376 e. The van der Waals surface area contributed by atoms with Crippen molar-refractivity contribution in [2.75, 3.05) is 6.61 Å². The molecule has 0 aromatic heterocycles. The highest BCUT2D eigenvalue weighted by Crippen LogP contribution is 2.36. The lowest BCUT2D eigenvalue weighted by atomic mass is 9.96. The molecule has 1 saturated heterocycles. The zero-order valence-electron chi connectivity index (χ0n) is 12.2. The van der Waals surface area contributed by atoms with E-state index in [1.807, 2.05) is 24.3 Å². The molecule has 114 valence electrons. The third-order valence-electron chi connectivity index (χ3n) is 4.49. The van der Waals surface area contributed by atoms with E-state index in [-0.39, 0.29) is 10.5 Å². The minimum atomic E-state index is -2.89. The van der Waals surface area contributed by atoms with Crippen LogP contribution in [0.15, 0.2) is 42.0 Å². The number of fused-ring (bicyclic) bond motifs is 2. The fraction of sp³-hybridized carbons (Fsp3) is 0.529.